The summed E-state index contributed by atoms with van der Waals surface area (Å²) in [6.45, 7) is 0.119. The van der Waals surface area contributed by atoms with Crippen LogP contribution in [0.15, 0.2) is 0 Å². The first-order valence-corrected chi connectivity index (χ1v) is 3.14. The molecule has 10 heavy (non-hydrogen) atoms. The van der Waals surface area contributed by atoms with Crippen molar-refractivity contribution < 1.29 is 19.7 Å². The van der Waals surface area contributed by atoms with Gasteiger partial charge in [0.2, 0.25) is 0 Å². The molecule has 0 aliphatic rings. The molecular formula is C6H13O4. The Labute approximate surface area is 60.4 Å². The summed E-state index contributed by atoms with van der Waals surface area (Å²) >= 11 is 0. The SMILES string of the molecule is COCC(C[O])OCCO. The molecule has 0 aromatic heterocycles. The molecule has 0 aliphatic heterocycles. The summed E-state index contributed by atoms with van der Waals surface area (Å²) < 4.78 is 9.58. The van der Waals surface area contributed by atoms with E-state index in [9.17, 15) is 5.11 Å². The van der Waals surface area contributed by atoms with Gasteiger partial charge in [-0.2, -0.15) is 0 Å². The number of hydrogen-bond acceptors (Lipinski definition) is 3. The van der Waals surface area contributed by atoms with Crippen LogP contribution in [0.2, 0.25) is 0 Å². The first-order chi connectivity index (χ1) is 4.85. The van der Waals surface area contributed by atoms with Gasteiger partial charge in [0, 0.05) is 7.11 Å². The molecule has 0 aromatic rings. The Kier molecular flexibility index (Phi) is 6.84. The zero-order valence-electron chi connectivity index (χ0n) is 6.08. The summed E-state index contributed by atoms with van der Waals surface area (Å²) in [5.41, 5.74) is 0. The number of rotatable bonds is 6. The van der Waals surface area contributed by atoms with Crippen LogP contribution in [0.3, 0.4) is 0 Å². The van der Waals surface area contributed by atoms with Crippen molar-refractivity contribution in [2.45, 2.75) is 6.10 Å². The quantitative estimate of drug-likeness (QED) is 0.550. The molecule has 1 unspecified atom stereocenters. The second-order valence-electron chi connectivity index (χ2n) is 1.84. The molecule has 0 aliphatic carbocycles. The fourth-order valence-corrected chi connectivity index (χ4v) is 0.550. The smallest absolute Gasteiger partial charge is 0.111 e. The fourth-order valence-electron chi connectivity index (χ4n) is 0.550. The zero-order chi connectivity index (χ0) is 7.82. The van der Waals surface area contributed by atoms with Crippen LogP contribution >= 0.6 is 0 Å². The summed E-state index contributed by atoms with van der Waals surface area (Å²) in [4.78, 5) is 0. The van der Waals surface area contributed by atoms with Gasteiger partial charge in [-0.15, -0.1) is 0 Å². The van der Waals surface area contributed by atoms with Gasteiger partial charge in [-0.05, 0) is 0 Å². The molecule has 0 saturated heterocycles. The molecule has 0 bridgehead atoms. The first kappa shape index (κ1) is 9.84. The van der Waals surface area contributed by atoms with Crippen molar-refractivity contribution in [3.63, 3.8) is 0 Å². The Morgan fingerprint density at radius 2 is 2.30 bits per heavy atom. The van der Waals surface area contributed by atoms with Gasteiger partial charge in [0.25, 0.3) is 0 Å². The van der Waals surface area contributed by atoms with Gasteiger partial charge in [0.05, 0.1) is 19.8 Å². The van der Waals surface area contributed by atoms with Crippen LogP contribution in [0, 0.1) is 0 Å². The van der Waals surface area contributed by atoms with Crippen molar-refractivity contribution in [3.8, 4) is 0 Å². The average molecular weight is 149 g/mol. The Bertz CT molecular complexity index is 66.8. The summed E-state index contributed by atoms with van der Waals surface area (Å²) in [6, 6.07) is 0. The van der Waals surface area contributed by atoms with E-state index in [1.807, 2.05) is 0 Å². The lowest BCUT2D eigenvalue weighted by Crippen LogP contribution is -2.24. The van der Waals surface area contributed by atoms with Crippen LogP contribution in [0.1, 0.15) is 0 Å². The minimum Gasteiger partial charge on any atom is -0.394 e. The minimum atomic E-state index is -0.419. The highest BCUT2D eigenvalue weighted by molar-refractivity contribution is 4.51. The van der Waals surface area contributed by atoms with E-state index in [2.05, 4.69) is 4.74 Å². The summed E-state index contributed by atoms with van der Waals surface area (Å²) in [7, 11) is 1.50. The highest BCUT2D eigenvalue weighted by Crippen LogP contribution is 1.90. The predicted octanol–water partition coefficient (Wildman–Crippen LogP) is -0.559. The van der Waals surface area contributed by atoms with Crippen molar-refractivity contribution in [1.82, 2.24) is 0 Å². The third kappa shape index (κ3) is 4.69. The van der Waals surface area contributed by atoms with Crippen molar-refractivity contribution in [3.05, 3.63) is 0 Å². The zero-order valence-corrected chi connectivity index (χ0v) is 6.08. The van der Waals surface area contributed by atoms with Crippen LogP contribution in [-0.4, -0.2) is 44.7 Å². The number of methoxy groups -OCH3 is 1. The van der Waals surface area contributed by atoms with Crippen LogP contribution in [0.4, 0.5) is 0 Å². The molecule has 0 rings (SSSR count). The molecule has 4 heteroatoms. The first-order valence-electron chi connectivity index (χ1n) is 3.14. The number of hydrogen-bond donors (Lipinski definition) is 1. The number of aliphatic hydroxyl groups is 1. The maximum atomic E-state index is 10.2. The number of ether oxygens (including phenoxy) is 2. The third-order valence-corrected chi connectivity index (χ3v) is 0.983. The molecule has 1 N–H and O–H groups in total. The van der Waals surface area contributed by atoms with Crippen molar-refractivity contribution in [1.29, 1.82) is 0 Å². The third-order valence-electron chi connectivity index (χ3n) is 0.983. The normalized spacial score (nSPS) is 13.5. The summed E-state index contributed by atoms with van der Waals surface area (Å²) in [5, 5.41) is 18.6. The average Bonchev–Trinajstić information content (AvgIpc) is 1.98. The van der Waals surface area contributed by atoms with Gasteiger partial charge in [-0.3, -0.25) is 0 Å². The summed E-state index contributed by atoms with van der Waals surface area (Å²) in [5.74, 6) is 0. The maximum absolute atomic E-state index is 10.2. The van der Waals surface area contributed by atoms with E-state index in [1.54, 1.807) is 0 Å². The van der Waals surface area contributed by atoms with Crippen molar-refractivity contribution in [2.75, 3.05) is 33.5 Å². The summed E-state index contributed by atoms with van der Waals surface area (Å²) in [6.07, 6.45) is -0.419. The maximum Gasteiger partial charge on any atom is 0.111 e. The molecule has 0 saturated carbocycles. The second kappa shape index (κ2) is 6.95. The monoisotopic (exact) mass is 149 g/mol. The van der Waals surface area contributed by atoms with Crippen molar-refractivity contribution in [2.24, 2.45) is 0 Å². The lowest BCUT2D eigenvalue weighted by molar-refractivity contribution is -0.0553. The van der Waals surface area contributed by atoms with Crippen LogP contribution in [-0.2, 0) is 14.6 Å². The van der Waals surface area contributed by atoms with Gasteiger partial charge in [-0.25, -0.2) is 5.11 Å². The molecule has 0 spiro atoms. The Morgan fingerprint density at radius 3 is 2.70 bits per heavy atom. The predicted molar refractivity (Wildman–Crippen MR) is 34.3 cm³/mol. The van der Waals surface area contributed by atoms with Gasteiger partial charge in [0.15, 0.2) is 0 Å². The topological polar surface area (TPSA) is 58.6 Å². The minimum absolute atomic E-state index is 0.0553. The van der Waals surface area contributed by atoms with E-state index in [4.69, 9.17) is 9.84 Å². The van der Waals surface area contributed by atoms with Gasteiger partial charge < -0.3 is 14.6 Å². The van der Waals surface area contributed by atoms with Crippen LogP contribution in [0.25, 0.3) is 0 Å². The van der Waals surface area contributed by atoms with Crippen LogP contribution < -0.4 is 0 Å². The fraction of sp³-hybridized carbons (Fsp3) is 1.00. The van der Waals surface area contributed by atoms with E-state index in [0.29, 0.717) is 6.61 Å². The largest absolute Gasteiger partial charge is 0.394 e. The van der Waals surface area contributed by atoms with E-state index >= 15 is 0 Å². The molecule has 0 heterocycles. The highest BCUT2D eigenvalue weighted by Gasteiger charge is 2.06. The van der Waals surface area contributed by atoms with E-state index in [0.717, 1.165) is 0 Å². The molecule has 4 nitrogen and oxygen atoms in total. The Hall–Kier alpha value is -0.160. The Morgan fingerprint density at radius 1 is 1.60 bits per heavy atom. The van der Waals surface area contributed by atoms with E-state index in [1.165, 1.54) is 7.11 Å². The lowest BCUT2D eigenvalue weighted by atomic mass is 10.4. The van der Waals surface area contributed by atoms with Crippen molar-refractivity contribution >= 4 is 0 Å². The van der Waals surface area contributed by atoms with Gasteiger partial charge in [0.1, 0.15) is 12.7 Å². The number of aliphatic hydroxyl groups excluding tert-OH is 1. The molecule has 1 radical (unpaired) electrons. The van der Waals surface area contributed by atoms with Gasteiger partial charge >= 0.3 is 0 Å². The standard InChI is InChI=1S/C6H13O4/c1-9-5-6(4-8)10-3-2-7/h6-7H,2-5H2,1H3. The highest BCUT2D eigenvalue weighted by atomic mass is 16.5. The molecule has 1 atom stereocenters. The Balaban J connectivity index is 3.21. The molecule has 0 amide bonds. The van der Waals surface area contributed by atoms with E-state index < -0.39 is 6.10 Å². The molecule has 0 fully saturated rings. The molecule has 0 aromatic carbocycles. The lowest BCUT2D eigenvalue weighted by Gasteiger charge is -2.11. The van der Waals surface area contributed by atoms with Gasteiger partial charge in [-0.1, -0.05) is 0 Å². The van der Waals surface area contributed by atoms with Crippen LogP contribution in [0.5, 0.6) is 0 Å². The molecule has 61 valence electrons. The van der Waals surface area contributed by atoms with E-state index in [-0.39, 0.29) is 19.8 Å². The second-order valence-corrected chi connectivity index (χ2v) is 1.84. The molecular weight excluding hydrogens is 136 g/mol.